The lowest BCUT2D eigenvalue weighted by molar-refractivity contribution is 0.411. The van der Waals surface area contributed by atoms with Crippen LogP contribution in [0.25, 0.3) is 0 Å². The van der Waals surface area contributed by atoms with Gasteiger partial charge in [-0.1, -0.05) is 42.6 Å². The van der Waals surface area contributed by atoms with Crippen LogP contribution in [-0.4, -0.2) is 12.6 Å². The highest BCUT2D eigenvalue weighted by Crippen LogP contribution is 2.59. The molecule has 2 saturated carbocycles. The van der Waals surface area contributed by atoms with Crippen LogP contribution in [0.3, 0.4) is 0 Å². The van der Waals surface area contributed by atoms with Gasteiger partial charge in [0.25, 0.3) is 0 Å². The highest BCUT2D eigenvalue weighted by molar-refractivity contribution is 6.36. The van der Waals surface area contributed by atoms with Crippen molar-refractivity contribution in [1.82, 2.24) is 5.32 Å². The van der Waals surface area contributed by atoms with Crippen molar-refractivity contribution in [3.8, 4) is 0 Å². The Hall–Kier alpha value is -0.240. The molecule has 0 aliphatic heterocycles. The molecule has 0 spiro atoms. The minimum Gasteiger partial charge on any atom is -0.314 e. The van der Waals surface area contributed by atoms with E-state index in [9.17, 15) is 0 Å². The molecule has 0 heterocycles. The molecule has 2 aliphatic rings. The van der Waals surface area contributed by atoms with Crippen LogP contribution in [0.1, 0.15) is 31.7 Å². The van der Waals surface area contributed by atoms with Crippen LogP contribution in [0.5, 0.6) is 0 Å². The molecular formula is C16H21Cl2N. The normalized spacial score (nSPS) is 30.2. The summed E-state index contributed by atoms with van der Waals surface area (Å²) in [7, 11) is 0. The van der Waals surface area contributed by atoms with Crippen LogP contribution in [0.15, 0.2) is 18.2 Å². The van der Waals surface area contributed by atoms with Crippen molar-refractivity contribution < 1.29 is 0 Å². The number of likely N-dealkylation sites (N-methyl/N-ethyl adjacent to an activating group) is 1. The topological polar surface area (TPSA) is 12.0 Å². The van der Waals surface area contributed by atoms with E-state index in [1.54, 1.807) is 0 Å². The van der Waals surface area contributed by atoms with Gasteiger partial charge in [-0.15, -0.1) is 0 Å². The summed E-state index contributed by atoms with van der Waals surface area (Å²) in [5, 5.41) is 5.27. The third-order valence-corrected chi connectivity index (χ3v) is 5.60. The molecule has 0 aromatic heterocycles. The largest absolute Gasteiger partial charge is 0.314 e. The van der Waals surface area contributed by atoms with Crippen LogP contribution in [-0.2, 0) is 6.42 Å². The monoisotopic (exact) mass is 297 g/mol. The van der Waals surface area contributed by atoms with E-state index in [1.165, 1.54) is 19.3 Å². The van der Waals surface area contributed by atoms with E-state index in [0.29, 0.717) is 6.04 Å². The predicted octanol–water partition coefficient (Wildman–Crippen LogP) is 4.56. The predicted molar refractivity (Wildman–Crippen MR) is 82.0 cm³/mol. The van der Waals surface area contributed by atoms with Gasteiger partial charge in [0, 0.05) is 16.1 Å². The molecule has 2 fully saturated rings. The fraction of sp³-hybridized carbons (Fsp3) is 0.625. The Bertz CT molecular complexity index is 430. The van der Waals surface area contributed by atoms with Gasteiger partial charge in [0.1, 0.15) is 0 Å². The summed E-state index contributed by atoms with van der Waals surface area (Å²) >= 11 is 12.6. The Kier molecular flexibility index (Phi) is 4.07. The minimum absolute atomic E-state index is 0.540. The first-order valence-corrected chi connectivity index (χ1v) is 8.14. The number of fused-ring (bicyclic) bond motifs is 1. The average Bonchev–Trinajstić information content (AvgIpc) is 2.85. The van der Waals surface area contributed by atoms with Gasteiger partial charge in [0.05, 0.1) is 0 Å². The molecule has 0 radical (unpaired) electrons. The third-order valence-electron chi connectivity index (χ3n) is 4.89. The van der Waals surface area contributed by atoms with Gasteiger partial charge in [-0.25, -0.2) is 0 Å². The second kappa shape index (κ2) is 5.63. The van der Waals surface area contributed by atoms with E-state index in [2.05, 4.69) is 12.2 Å². The zero-order chi connectivity index (χ0) is 13.4. The number of halogens is 2. The molecule has 104 valence electrons. The van der Waals surface area contributed by atoms with Crippen molar-refractivity contribution in [3.05, 3.63) is 33.8 Å². The Morgan fingerprint density at radius 3 is 2.42 bits per heavy atom. The lowest BCUT2D eigenvalue weighted by Crippen LogP contribution is -2.34. The van der Waals surface area contributed by atoms with Crippen molar-refractivity contribution in [2.24, 2.45) is 17.8 Å². The summed E-state index contributed by atoms with van der Waals surface area (Å²) in [6.07, 6.45) is 5.24. The number of benzene rings is 1. The van der Waals surface area contributed by atoms with E-state index in [1.807, 2.05) is 18.2 Å². The smallest absolute Gasteiger partial charge is 0.0453 e. The lowest BCUT2D eigenvalue weighted by Gasteiger charge is -2.21. The van der Waals surface area contributed by atoms with Gasteiger partial charge >= 0.3 is 0 Å². The molecule has 0 saturated heterocycles. The first kappa shape index (κ1) is 13.7. The summed E-state index contributed by atoms with van der Waals surface area (Å²) < 4.78 is 0. The lowest BCUT2D eigenvalue weighted by atomic mass is 9.97. The molecule has 3 unspecified atom stereocenters. The van der Waals surface area contributed by atoms with E-state index < -0.39 is 0 Å². The summed E-state index contributed by atoms with van der Waals surface area (Å²) in [6, 6.07) is 6.35. The van der Waals surface area contributed by atoms with Gasteiger partial charge in [0.2, 0.25) is 0 Å². The Labute approximate surface area is 125 Å². The zero-order valence-corrected chi connectivity index (χ0v) is 12.8. The maximum atomic E-state index is 6.31. The van der Waals surface area contributed by atoms with E-state index in [-0.39, 0.29) is 0 Å². The van der Waals surface area contributed by atoms with Crippen LogP contribution >= 0.6 is 23.2 Å². The zero-order valence-electron chi connectivity index (χ0n) is 11.3. The molecule has 1 nitrogen and oxygen atoms in total. The quantitative estimate of drug-likeness (QED) is 0.840. The van der Waals surface area contributed by atoms with Crippen molar-refractivity contribution in [3.63, 3.8) is 0 Å². The Balaban J connectivity index is 1.75. The molecule has 0 amide bonds. The number of hydrogen-bond donors (Lipinski definition) is 1. The second-order valence-electron chi connectivity index (χ2n) is 5.90. The standard InChI is InChI=1S/C16H21Cl2N/c1-2-19-15(16-10-5-3-6-11(10)16)9-12-13(17)7-4-8-14(12)18/h4,7-8,10-11,15-16,19H,2-3,5-6,9H2,1H3. The third kappa shape index (κ3) is 2.66. The second-order valence-corrected chi connectivity index (χ2v) is 6.72. The Morgan fingerprint density at radius 2 is 1.84 bits per heavy atom. The van der Waals surface area contributed by atoms with Gasteiger partial charge in [-0.2, -0.15) is 0 Å². The molecule has 2 aliphatic carbocycles. The number of rotatable bonds is 5. The molecule has 19 heavy (non-hydrogen) atoms. The highest BCUT2D eigenvalue weighted by atomic mass is 35.5. The highest BCUT2D eigenvalue weighted by Gasteiger charge is 2.55. The van der Waals surface area contributed by atoms with Gasteiger partial charge < -0.3 is 5.32 Å². The van der Waals surface area contributed by atoms with E-state index in [4.69, 9.17) is 23.2 Å². The maximum Gasteiger partial charge on any atom is 0.0453 e. The van der Waals surface area contributed by atoms with Crippen LogP contribution < -0.4 is 5.32 Å². The van der Waals surface area contributed by atoms with Gasteiger partial charge in [-0.3, -0.25) is 0 Å². The summed E-state index contributed by atoms with van der Waals surface area (Å²) in [5.41, 5.74) is 1.11. The fourth-order valence-electron chi connectivity index (χ4n) is 4.03. The molecule has 1 aromatic rings. The van der Waals surface area contributed by atoms with Crippen LogP contribution in [0.4, 0.5) is 0 Å². The molecule has 3 atom stereocenters. The molecule has 0 bridgehead atoms. The SMILES string of the molecule is CCNC(Cc1c(Cl)cccc1Cl)C1C2CCCC21. The summed E-state index contributed by atoms with van der Waals surface area (Å²) in [6.45, 7) is 3.20. The van der Waals surface area contributed by atoms with Crippen molar-refractivity contribution >= 4 is 23.2 Å². The summed E-state index contributed by atoms with van der Waals surface area (Å²) in [5.74, 6) is 2.77. The average molecular weight is 298 g/mol. The van der Waals surface area contributed by atoms with Crippen LogP contribution in [0.2, 0.25) is 10.0 Å². The van der Waals surface area contributed by atoms with Gasteiger partial charge in [0.15, 0.2) is 0 Å². The Morgan fingerprint density at radius 1 is 1.21 bits per heavy atom. The van der Waals surface area contributed by atoms with E-state index in [0.717, 1.165) is 46.3 Å². The molecule has 1 N–H and O–H groups in total. The van der Waals surface area contributed by atoms with Crippen molar-refractivity contribution in [1.29, 1.82) is 0 Å². The van der Waals surface area contributed by atoms with E-state index >= 15 is 0 Å². The molecular weight excluding hydrogens is 277 g/mol. The first-order valence-electron chi connectivity index (χ1n) is 7.38. The number of nitrogens with one attached hydrogen (secondary N) is 1. The van der Waals surface area contributed by atoms with Gasteiger partial charge in [-0.05, 0) is 61.3 Å². The van der Waals surface area contributed by atoms with Crippen molar-refractivity contribution in [2.45, 2.75) is 38.6 Å². The molecule has 3 heteroatoms. The fourth-order valence-corrected chi connectivity index (χ4v) is 4.58. The first-order chi connectivity index (χ1) is 9.22. The molecule has 1 aromatic carbocycles. The van der Waals surface area contributed by atoms with Crippen LogP contribution in [0, 0.1) is 17.8 Å². The minimum atomic E-state index is 0.540. The van der Waals surface area contributed by atoms with Crippen molar-refractivity contribution in [2.75, 3.05) is 6.54 Å². The summed E-state index contributed by atoms with van der Waals surface area (Å²) in [4.78, 5) is 0. The maximum absolute atomic E-state index is 6.31. The number of hydrogen-bond acceptors (Lipinski definition) is 1. The molecule has 3 rings (SSSR count).